The largest absolute Gasteiger partial charge is 0.493 e. The van der Waals surface area contributed by atoms with Crippen molar-refractivity contribution in [2.24, 2.45) is 10.2 Å². The van der Waals surface area contributed by atoms with E-state index >= 15 is 0 Å². The highest BCUT2D eigenvalue weighted by molar-refractivity contribution is 5.83. The Balaban J connectivity index is 1.83. The molecule has 6 heteroatoms. The van der Waals surface area contributed by atoms with Crippen molar-refractivity contribution < 1.29 is 9.13 Å². The maximum atomic E-state index is 14.1. The van der Waals surface area contributed by atoms with Gasteiger partial charge in [0.15, 0.2) is 0 Å². The number of halogens is 1. The Bertz CT molecular complexity index is 773. The van der Waals surface area contributed by atoms with Crippen molar-refractivity contribution in [2.75, 3.05) is 11.9 Å². The van der Waals surface area contributed by atoms with Crippen LogP contribution in [0.4, 0.5) is 10.2 Å². The third kappa shape index (κ3) is 3.06. The molecule has 0 atom stereocenters. The van der Waals surface area contributed by atoms with Crippen molar-refractivity contribution >= 4 is 18.7 Å². The van der Waals surface area contributed by atoms with Crippen LogP contribution < -0.4 is 10.1 Å². The lowest BCUT2D eigenvalue weighted by atomic mass is 10.0. The topological polar surface area (TPSA) is 58.9 Å². The van der Waals surface area contributed by atoms with E-state index in [1.165, 1.54) is 6.07 Å². The maximum absolute atomic E-state index is 14.1. The van der Waals surface area contributed by atoms with Crippen molar-refractivity contribution in [2.45, 2.75) is 19.9 Å². The average molecular weight is 312 g/mol. The number of hydrogen-bond acceptors (Lipinski definition) is 5. The number of nitrogens with zero attached hydrogens (tertiary/aromatic N) is 3. The van der Waals surface area contributed by atoms with E-state index in [1.807, 2.05) is 13.0 Å². The molecule has 0 radical (unpaired) electrons. The molecule has 0 saturated heterocycles. The van der Waals surface area contributed by atoms with Gasteiger partial charge in [-0.05, 0) is 25.1 Å². The van der Waals surface area contributed by atoms with Crippen molar-refractivity contribution in [3.05, 3.63) is 52.5 Å². The Kier molecular flexibility index (Phi) is 4.32. The number of nitrogens with one attached hydrogen (secondary N) is 1. The molecule has 0 fully saturated rings. The molecule has 1 N–H and O–H groups in total. The average Bonchev–Trinajstić information content (AvgIpc) is 3.03. The number of rotatable bonds is 5. The molecule has 5 nitrogen and oxygen atoms in total. The number of anilines is 1. The molecule has 0 bridgehead atoms. The van der Waals surface area contributed by atoms with Crippen molar-refractivity contribution in [3.63, 3.8) is 0 Å². The van der Waals surface area contributed by atoms with E-state index in [0.29, 0.717) is 24.5 Å². The summed E-state index contributed by atoms with van der Waals surface area (Å²) in [6.07, 6.45) is 4.02. The van der Waals surface area contributed by atoms with Crippen LogP contribution in [0, 0.1) is 12.7 Å². The molecular weight excluding hydrogens is 295 g/mol. The minimum absolute atomic E-state index is 0.229. The van der Waals surface area contributed by atoms with E-state index in [2.05, 4.69) is 27.2 Å². The number of ether oxygens (including phenoxy) is 1. The van der Waals surface area contributed by atoms with E-state index in [-0.39, 0.29) is 5.82 Å². The van der Waals surface area contributed by atoms with E-state index in [0.717, 1.165) is 28.9 Å². The lowest BCUT2D eigenvalue weighted by molar-refractivity contribution is 0.356. The predicted octanol–water partition coefficient (Wildman–Crippen LogP) is 3.11. The third-order valence-corrected chi connectivity index (χ3v) is 3.90. The predicted molar refractivity (Wildman–Crippen MR) is 89.0 cm³/mol. The first-order valence-electron chi connectivity index (χ1n) is 7.32. The van der Waals surface area contributed by atoms with Gasteiger partial charge in [0.2, 0.25) is 0 Å². The normalized spacial score (nSPS) is 13.0. The van der Waals surface area contributed by atoms with Crippen LogP contribution in [0.2, 0.25) is 0 Å². The first-order chi connectivity index (χ1) is 11.2. The molecule has 0 unspecified atom stereocenters. The number of fused-ring (bicyclic) bond motifs is 1. The first-order valence-corrected chi connectivity index (χ1v) is 7.32. The zero-order valence-corrected chi connectivity index (χ0v) is 12.8. The van der Waals surface area contributed by atoms with Crippen LogP contribution in [0.3, 0.4) is 0 Å². The van der Waals surface area contributed by atoms with Gasteiger partial charge in [-0.3, -0.25) is 0 Å². The number of aromatic nitrogens is 1. The molecule has 0 saturated carbocycles. The highest BCUT2D eigenvalue weighted by Crippen LogP contribution is 2.30. The van der Waals surface area contributed by atoms with Crippen molar-refractivity contribution in [1.82, 2.24) is 4.98 Å². The molecule has 1 aromatic carbocycles. The third-order valence-electron chi connectivity index (χ3n) is 3.90. The zero-order valence-electron chi connectivity index (χ0n) is 12.8. The summed E-state index contributed by atoms with van der Waals surface area (Å²) < 4.78 is 19.6. The molecule has 3 rings (SSSR count). The minimum atomic E-state index is -0.229. The van der Waals surface area contributed by atoms with Gasteiger partial charge in [0, 0.05) is 48.1 Å². The maximum Gasteiger partial charge on any atom is 0.129 e. The molecule has 0 aliphatic carbocycles. The summed E-state index contributed by atoms with van der Waals surface area (Å²) in [5.74, 6) is 1.23. The summed E-state index contributed by atoms with van der Waals surface area (Å²) in [7, 11) is 0. The van der Waals surface area contributed by atoms with Gasteiger partial charge in [-0.25, -0.2) is 9.37 Å². The van der Waals surface area contributed by atoms with Gasteiger partial charge in [-0.15, -0.1) is 0 Å². The molecule has 23 heavy (non-hydrogen) atoms. The Morgan fingerprint density at radius 2 is 2.30 bits per heavy atom. The molecule has 1 aliphatic heterocycles. The summed E-state index contributed by atoms with van der Waals surface area (Å²) in [6, 6.07) is 4.97. The summed E-state index contributed by atoms with van der Waals surface area (Å²) in [4.78, 5) is 4.31. The molecule has 2 aromatic rings. The SMILES string of the molecule is C=N/N=C\c1ccnc(NCc2c(F)ccc3c2CCO3)c1C. The Hall–Kier alpha value is -2.76. The molecule has 2 heterocycles. The Labute approximate surface area is 133 Å². The monoisotopic (exact) mass is 312 g/mol. The van der Waals surface area contributed by atoms with Crippen molar-refractivity contribution in [3.8, 4) is 5.75 Å². The number of hydrogen-bond donors (Lipinski definition) is 1. The Morgan fingerprint density at radius 1 is 1.43 bits per heavy atom. The van der Waals surface area contributed by atoms with Gasteiger partial charge >= 0.3 is 0 Å². The molecule has 118 valence electrons. The van der Waals surface area contributed by atoms with Crippen LogP contribution in [0.25, 0.3) is 0 Å². The number of benzene rings is 1. The molecule has 0 spiro atoms. The summed E-state index contributed by atoms with van der Waals surface area (Å²) in [5.41, 5.74) is 3.37. The van der Waals surface area contributed by atoms with E-state index in [1.54, 1.807) is 18.5 Å². The second kappa shape index (κ2) is 6.56. The molecular formula is C17H17FN4O. The van der Waals surface area contributed by atoms with E-state index in [9.17, 15) is 4.39 Å². The number of pyridine rings is 1. The molecule has 0 amide bonds. The Morgan fingerprint density at radius 3 is 3.13 bits per heavy atom. The zero-order chi connectivity index (χ0) is 16.2. The highest BCUT2D eigenvalue weighted by Gasteiger charge is 2.19. The first kappa shape index (κ1) is 15.1. The van der Waals surface area contributed by atoms with Crippen LogP contribution in [-0.2, 0) is 13.0 Å². The van der Waals surface area contributed by atoms with Gasteiger partial charge in [0.05, 0.1) is 12.8 Å². The lowest BCUT2D eigenvalue weighted by Crippen LogP contribution is -2.08. The molecule has 1 aromatic heterocycles. The van der Waals surface area contributed by atoms with Crippen LogP contribution in [-0.4, -0.2) is 24.5 Å². The fourth-order valence-corrected chi connectivity index (χ4v) is 2.65. The standard InChI is InChI=1S/C17H17FN4O/c1-11-12(9-22-19-2)5-7-20-17(11)21-10-14-13-6-8-23-16(13)4-3-15(14)18/h3-5,7,9H,2,6,8,10H2,1H3,(H,20,21)/b22-9-. The quantitative estimate of drug-likeness (QED) is 0.681. The van der Waals surface area contributed by atoms with Gasteiger partial charge in [-0.2, -0.15) is 10.2 Å². The molecule has 1 aliphatic rings. The lowest BCUT2D eigenvalue weighted by Gasteiger charge is -2.13. The smallest absolute Gasteiger partial charge is 0.129 e. The van der Waals surface area contributed by atoms with Gasteiger partial charge in [-0.1, -0.05) is 0 Å². The van der Waals surface area contributed by atoms with Crippen molar-refractivity contribution in [1.29, 1.82) is 0 Å². The minimum Gasteiger partial charge on any atom is -0.493 e. The van der Waals surface area contributed by atoms with E-state index in [4.69, 9.17) is 4.74 Å². The second-order valence-corrected chi connectivity index (χ2v) is 5.21. The van der Waals surface area contributed by atoms with Crippen LogP contribution >= 0.6 is 0 Å². The van der Waals surface area contributed by atoms with Gasteiger partial charge in [0.25, 0.3) is 0 Å². The van der Waals surface area contributed by atoms with Gasteiger partial charge in [0.1, 0.15) is 17.4 Å². The van der Waals surface area contributed by atoms with Gasteiger partial charge < -0.3 is 10.1 Å². The summed E-state index contributed by atoms with van der Waals surface area (Å²) in [6.45, 7) is 6.19. The van der Waals surface area contributed by atoms with Crippen LogP contribution in [0.5, 0.6) is 5.75 Å². The van der Waals surface area contributed by atoms with Crippen LogP contribution in [0.15, 0.2) is 34.6 Å². The second-order valence-electron chi connectivity index (χ2n) is 5.21. The fraction of sp³-hybridized carbons (Fsp3) is 0.235. The van der Waals surface area contributed by atoms with Crippen LogP contribution in [0.1, 0.15) is 22.3 Å². The van der Waals surface area contributed by atoms with E-state index < -0.39 is 0 Å². The summed E-state index contributed by atoms with van der Waals surface area (Å²) >= 11 is 0. The highest BCUT2D eigenvalue weighted by atomic mass is 19.1. The fourth-order valence-electron chi connectivity index (χ4n) is 2.65. The summed E-state index contributed by atoms with van der Waals surface area (Å²) in [5, 5.41) is 10.4.